The van der Waals surface area contributed by atoms with Gasteiger partial charge in [-0.2, -0.15) is 9.40 Å². The topological polar surface area (TPSA) is 80.1 Å². The minimum atomic E-state index is -3.77. The lowest BCUT2D eigenvalue weighted by molar-refractivity contribution is 0.186. The molecule has 9 nitrogen and oxygen atoms in total. The van der Waals surface area contributed by atoms with Gasteiger partial charge in [-0.05, 0) is 56.8 Å². The second-order valence-corrected chi connectivity index (χ2v) is 11.2. The zero-order valence-corrected chi connectivity index (χ0v) is 22.9. The molecule has 0 aliphatic carbocycles. The van der Waals surface area contributed by atoms with Crippen molar-refractivity contribution in [2.75, 3.05) is 65.5 Å². The number of anilines is 1. The highest BCUT2D eigenvalue weighted by Gasteiger charge is 2.30. The van der Waals surface area contributed by atoms with Crippen LogP contribution >= 0.6 is 0 Å². The highest BCUT2D eigenvalue weighted by Crippen LogP contribution is 2.31. The summed E-state index contributed by atoms with van der Waals surface area (Å²) in [5, 5.41) is 4.90. The van der Waals surface area contributed by atoms with Crippen LogP contribution in [0.4, 0.5) is 5.82 Å². The molecule has 4 rings (SSSR count). The number of aryl methyl sites for hydroxylation is 1. The van der Waals surface area contributed by atoms with Crippen LogP contribution in [-0.4, -0.2) is 88.0 Å². The van der Waals surface area contributed by atoms with Gasteiger partial charge in [0.15, 0.2) is 0 Å². The molecule has 37 heavy (non-hydrogen) atoms. The summed E-state index contributed by atoms with van der Waals surface area (Å²) in [7, 11) is 1.54. The lowest BCUT2D eigenvalue weighted by Gasteiger charge is -2.35. The van der Waals surface area contributed by atoms with Gasteiger partial charge in [0.05, 0.1) is 23.4 Å². The molecule has 0 radical (unpaired) electrons. The first-order chi connectivity index (χ1) is 17.8. The molecule has 1 aliphatic heterocycles. The maximum Gasteiger partial charge on any atom is 0.243 e. The molecular weight excluding hydrogens is 490 g/mol. The highest BCUT2D eigenvalue weighted by molar-refractivity contribution is 7.89. The molecule has 1 aliphatic rings. The number of hydrogen-bond donors (Lipinski definition) is 0. The Morgan fingerprint density at radius 1 is 0.973 bits per heavy atom. The molecular formula is C27H37N5O4S. The first-order valence-corrected chi connectivity index (χ1v) is 14.0. The Bertz CT molecular complexity index is 1250. The summed E-state index contributed by atoms with van der Waals surface area (Å²) < 4.78 is 41.7. The number of methoxy groups -OCH3 is 2. The standard InChI is InChI=1S/C27H37N5O4S/c1-22-26(21-31(15-8-20-35-3)37(33,34)25-13-11-24(36-4)12-14-25)27(30-18-16-29(2)17-19-30)32(28-22)23-9-6-5-7-10-23/h5-7,9-14H,8,15-21H2,1-4H3. The quantitative estimate of drug-likeness (QED) is 0.355. The number of benzene rings is 2. The van der Waals surface area contributed by atoms with Crippen molar-refractivity contribution in [2.24, 2.45) is 0 Å². The van der Waals surface area contributed by atoms with Gasteiger partial charge in [-0.25, -0.2) is 13.1 Å². The second kappa shape index (κ2) is 12.1. The Kier molecular flexibility index (Phi) is 8.86. The molecule has 0 unspecified atom stereocenters. The minimum Gasteiger partial charge on any atom is -0.497 e. The van der Waals surface area contributed by atoms with Gasteiger partial charge in [0.25, 0.3) is 0 Å². The molecule has 0 bridgehead atoms. The molecule has 200 valence electrons. The van der Waals surface area contributed by atoms with Gasteiger partial charge in [-0.15, -0.1) is 0 Å². The van der Waals surface area contributed by atoms with Crippen molar-refractivity contribution in [3.63, 3.8) is 0 Å². The van der Waals surface area contributed by atoms with E-state index in [2.05, 4.69) is 16.8 Å². The Morgan fingerprint density at radius 3 is 2.27 bits per heavy atom. The van der Waals surface area contributed by atoms with Crippen LogP contribution in [0.2, 0.25) is 0 Å². The predicted molar refractivity (Wildman–Crippen MR) is 145 cm³/mol. The summed E-state index contributed by atoms with van der Waals surface area (Å²) in [4.78, 5) is 4.87. The van der Waals surface area contributed by atoms with Crippen LogP contribution in [0.15, 0.2) is 59.5 Å². The van der Waals surface area contributed by atoms with Crippen molar-refractivity contribution in [1.82, 2.24) is 19.0 Å². The first-order valence-electron chi connectivity index (χ1n) is 12.6. The van der Waals surface area contributed by atoms with Crippen LogP contribution in [0.5, 0.6) is 5.75 Å². The lowest BCUT2D eigenvalue weighted by atomic mass is 10.2. The van der Waals surface area contributed by atoms with E-state index in [0.717, 1.165) is 48.9 Å². The van der Waals surface area contributed by atoms with E-state index >= 15 is 0 Å². The molecule has 0 saturated carbocycles. The van der Waals surface area contributed by atoms with E-state index in [-0.39, 0.29) is 11.4 Å². The molecule has 2 heterocycles. The van der Waals surface area contributed by atoms with E-state index in [1.807, 2.05) is 41.9 Å². The summed E-state index contributed by atoms with van der Waals surface area (Å²) in [5.74, 6) is 1.57. The molecule has 1 aromatic heterocycles. The van der Waals surface area contributed by atoms with E-state index in [0.29, 0.717) is 25.3 Å². The number of nitrogens with zero attached hydrogens (tertiary/aromatic N) is 5. The van der Waals surface area contributed by atoms with Crippen LogP contribution in [0.1, 0.15) is 17.7 Å². The van der Waals surface area contributed by atoms with E-state index in [1.165, 1.54) is 0 Å². The number of ether oxygens (including phenoxy) is 2. The molecule has 2 aromatic carbocycles. The average Bonchev–Trinajstić information content (AvgIpc) is 3.24. The van der Waals surface area contributed by atoms with Gasteiger partial charge in [-0.1, -0.05) is 18.2 Å². The average molecular weight is 528 g/mol. The van der Waals surface area contributed by atoms with Crippen LogP contribution < -0.4 is 9.64 Å². The largest absolute Gasteiger partial charge is 0.497 e. The summed E-state index contributed by atoms with van der Waals surface area (Å²) in [6.07, 6.45) is 0.585. The number of rotatable bonds is 11. The third-order valence-electron chi connectivity index (χ3n) is 6.75. The van der Waals surface area contributed by atoms with Crippen molar-refractivity contribution in [3.8, 4) is 11.4 Å². The summed E-state index contributed by atoms with van der Waals surface area (Å²) in [6, 6.07) is 16.6. The molecule has 0 spiro atoms. The number of likely N-dealkylation sites (N-methyl/N-ethyl adjacent to an activating group) is 1. The molecule has 1 saturated heterocycles. The van der Waals surface area contributed by atoms with Crippen molar-refractivity contribution in [1.29, 1.82) is 0 Å². The zero-order valence-electron chi connectivity index (χ0n) is 22.1. The van der Waals surface area contributed by atoms with E-state index < -0.39 is 10.0 Å². The van der Waals surface area contributed by atoms with Crippen molar-refractivity contribution in [3.05, 3.63) is 65.9 Å². The van der Waals surface area contributed by atoms with E-state index in [1.54, 1.807) is 42.8 Å². The minimum absolute atomic E-state index is 0.221. The fraction of sp³-hybridized carbons (Fsp3) is 0.444. The summed E-state index contributed by atoms with van der Waals surface area (Å²) in [5.41, 5.74) is 2.69. The predicted octanol–water partition coefficient (Wildman–Crippen LogP) is 3.17. The van der Waals surface area contributed by atoms with Gasteiger partial charge >= 0.3 is 0 Å². The monoisotopic (exact) mass is 527 g/mol. The molecule has 0 atom stereocenters. The highest BCUT2D eigenvalue weighted by atomic mass is 32.2. The number of piperazine rings is 1. The third-order valence-corrected chi connectivity index (χ3v) is 8.61. The van der Waals surface area contributed by atoms with Crippen LogP contribution in [0, 0.1) is 6.92 Å². The summed E-state index contributed by atoms with van der Waals surface area (Å²) in [6.45, 7) is 6.54. The van der Waals surface area contributed by atoms with Crippen molar-refractivity contribution < 1.29 is 17.9 Å². The summed E-state index contributed by atoms with van der Waals surface area (Å²) >= 11 is 0. The fourth-order valence-electron chi connectivity index (χ4n) is 4.57. The molecule has 0 amide bonds. The maximum absolute atomic E-state index is 13.8. The SMILES string of the molecule is COCCCN(Cc1c(C)nn(-c2ccccc2)c1N1CCN(C)CC1)S(=O)(=O)c1ccc(OC)cc1. The van der Waals surface area contributed by atoms with Gasteiger partial charge in [0.2, 0.25) is 10.0 Å². The van der Waals surface area contributed by atoms with Crippen LogP contribution in [0.25, 0.3) is 5.69 Å². The lowest BCUT2D eigenvalue weighted by Crippen LogP contribution is -2.45. The van der Waals surface area contributed by atoms with Crippen molar-refractivity contribution in [2.45, 2.75) is 24.8 Å². The fourth-order valence-corrected chi connectivity index (χ4v) is 6.01. The third kappa shape index (κ3) is 6.15. The number of para-hydroxylation sites is 1. The normalized spacial score (nSPS) is 14.9. The van der Waals surface area contributed by atoms with Crippen LogP contribution in [-0.2, 0) is 21.3 Å². The zero-order chi connectivity index (χ0) is 26.4. The Labute approximate surface area is 220 Å². The van der Waals surface area contributed by atoms with Gasteiger partial charge in [-0.3, -0.25) is 0 Å². The second-order valence-electron chi connectivity index (χ2n) is 9.29. The number of aromatic nitrogens is 2. The van der Waals surface area contributed by atoms with E-state index in [9.17, 15) is 8.42 Å². The first kappa shape index (κ1) is 27.1. The smallest absolute Gasteiger partial charge is 0.243 e. The Balaban J connectivity index is 1.76. The van der Waals surface area contributed by atoms with Gasteiger partial charge in [0.1, 0.15) is 11.6 Å². The molecule has 1 fully saturated rings. The van der Waals surface area contributed by atoms with Crippen molar-refractivity contribution >= 4 is 15.8 Å². The Hall–Kier alpha value is -2.92. The van der Waals surface area contributed by atoms with Gasteiger partial charge in [0, 0.05) is 58.5 Å². The number of sulfonamides is 1. The maximum atomic E-state index is 13.8. The van der Waals surface area contributed by atoms with E-state index in [4.69, 9.17) is 14.6 Å². The number of hydrogen-bond acceptors (Lipinski definition) is 7. The molecule has 10 heteroatoms. The van der Waals surface area contributed by atoms with Gasteiger partial charge < -0.3 is 19.3 Å². The molecule has 3 aromatic rings. The Morgan fingerprint density at radius 2 is 1.65 bits per heavy atom. The molecule has 0 N–H and O–H groups in total. The van der Waals surface area contributed by atoms with Crippen LogP contribution in [0.3, 0.4) is 0 Å².